The van der Waals surface area contributed by atoms with Gasteiger partial charge in [0.15, 0.2) is 0 Å². The van der Waals surface area contributed by atoms with Crippen LogP contribution in [0.25, 0.3) is 0 Å². The molecule has 0 saturated heterocycles. The Hall–Kier alpha value is -2.19. The number of carbonyl (C=O) groups is 1. The van der Waals surface area contributed by atoms with Gasteiger partial charge < -0.3 is 10.1 Å². The number of nitrogens with zero attached hydrogens (tertiary/aromatic N) is 1. The van der Waals surface area contributed by atoms with E-state index in [0.29, 0.717) is 23.7 Å². The molecule has 26 heavy (non-hydrogen) atoms. The van der Waals surface area contributed by atoms with Gasteiger partial charge in [0, 0.05) is 4.90 Å². The lowest BCUT2D eigenvalue weighted by atomic mass is 10.3. The highest BCUT2D eigenvalue weighted by molar-refractivity contribution is 7.98. The highest BCUT2D eigenvalue weighted by atomic mass is 32.2. The number of anilines is 2. The number of rotatable bonds is 8. The fraction of sp³-hybridized carbons (Fsp3) is 0.278. The first-order chi connectivity index (χ1) is 12.4. The summed E-state index contributed by atoms with van der Waals surface area (Å²) in [7, 11) is -3.67. The van der Waals surface area contributed by atoms with E-state index in [1.165, 1.54) is 11.8 Å². The Labute approximate surface area is 158 Å². The van der Waals surface area contributed by atoms with Gasteiger partial charge in [0.25, 0.3) is 0 Å². The zero-order valence-electron chi connectivity index (χ0n) is 14.9. The van der Waals surface area contributed by atoms with Gasteiger partial charge in [0.05, 0.1) is 24.2 Å². The lowest BCUT2D eigenvalue weighted by Crippen LogP contribution is -2.37. The zero-order chi connectivity index (χ0) is 19.2. The van der Waals surface area contributed by atoms with Crippen LogP contribution in [-0.4, -0.2) is 40.0 Å². The third kappa shape index (κ3) is 5.15. The van der Waals surface area contributed by atoms with E-state index in [-0.39, 0.29) is 6.54 Å². The third-order valence-corrected chi connectivity index (χ3v) is 5.42. The van der Waals surface area contributed by atoms with E-state index < -0.39 is 15.9 Å². The van der Waals surface area contributed by atoms with Crippen molar-refractivity contribution in [2.75, 3.05) is 35.3 Å². The van der Waals surface area contributed by atoms with Gasteiger partial charge in [-0.15, -0.1) is 11.8 Å². The third-order valence-electron chi connectivity index (χ3n) is 3.50. The average Bonchev–Trinajstić information content (AvgIpc) is 2.60. The molecule has 0 unspecified atom stereocenters. The van der Waals surface area contributed by atoms with Crippen LogP contribution in [0, 0.1) is 0 Å². The highest BCUT2D eigenvalue weighted by Gasteiger charge is 2.24. The lowest BCUT2D eigenvalue weighted by Gasteiger charge is -2.24. The van der Waals surface area contributed by atoms with Crippen molar-refractivity contribution in [2.24, 2.45) is 0 Å². The van der Waals surface area contributed by atoms with Crippen molar-refractivity contribution in [1.82, 2.24) is 0 Å². The second-order valence-corrected chi connectivity index (χ2v) is 8.17. The Morgan fingerprint density at radius 2 is 1.81 bits per heavy atom. The van der Waals surface area contributed by atoms with Crippen LogP contribution >= 0.6 is 11.8 Å². The van der Waals surface area contributed by atoms with Crippen LogP contribution in [0.1, 0.15) is 6.92 Å². The number of amides is 1. The van der Waals surface area contributed by atoms with Crippen molar-refractivity contribution in [3.05, 3.63) is 48.5 Å². The van der Waals surface area contributed by atoms with Crippen LogP contribution in [-0.2, 0) is 14.8 Å². The summed E-state index contributed by atoms with van der Waals surface area (Å²) in [4.78, 5) is 13.4. The van der Waals surface area contributed by atoms with Crippen molar-refractivity contribution >= 4 is 39.1 Å². The van der Waals surface area contributed by atoms with E-state index in [9.17, 15) is 13.2 Å². The SMILES string of the molecule is CCOc1ccccc1N(CC(=O)Nc1ccccc1SC)S(C)(=O)=O. The van der Waals surface area contributed by atoms with Crippen molar-refractivity contribution in [2.45, 2.75) is 11.8 Å². The molecule has 0 saturated carbocycles. The summed E-state index contributed by atoms with van der Waals surface area (Å²) in [6.45, 7) is 1.86. The number of sulfonamides is 1. The molecule has 6 nitrogen and oxygen atoms in total. The number of para-hydroxylation sites is 3. The van der Waals surface area contributed by atoms with Crippen LogP contribution < -0.4 is 14.4 Å². The van der Waals surface area contributed by atoms with Crippen molar-refractivity contribution in [1.29, 1.82) is 0 Å². The van der Waals surface area contributed by atoms with Crippen molar-refractivity contribution in [3.63, 3.8) is 0 Å². The number of carbonyl (C=O) groups excluding carboxylic acids is 1. The normalized spacial score (nSPS) is 11.0. The Morgan fingerprint density at radius 3 is 2.46 bits per heavy atom. The molecule has 1 amide bonds. The number of ether oxygens (including phenoxy) is 1. The van der Waals surface area contributed by atoms with E-state index in [1.54, 1.807) is 30.3 Å². The van der Waals surface area contributed by atoms with Crippen molar-refractivity contribution in [3.8, 4) is 5.75 Å². The summed E-state index contributed by atoms with van der Waals surface area (Å²) in [5.74, 6) is -0.0130. The smallest absolute Gasteiger partial charge is 0.245 e. The molecule has 0 aliphatic carbocycles. The number of hydrogen-bond acceptors (Lipinski definition) is 5. The van der Waals surface area contributed by atoms with Gasteiger partial charge in [0.2, 0.25) is 15.9 Å². The molecule has 140 valence electrons. The summed E-state index contributed by atoms with van der Waals surface area (Å²) in [6, 6.07) is 14.1. The molecule has 0 fully saturated rings. The fourth-order valence-corrected chi connectivity index (χ4v) is 3.80. The Bertz CT molecular complexity index is 869. The van der Waals surface area contributed by atoms with Crippen LogP contribution in [0.15, 0.2) is 53.4 Å². The molecular weight excluding hydrogens is 372 g/mol. The van der Waals surface area contributed by atoms with Crippen molar-refractivity contribution < 1.29 is 17.9 Å². The first kappa shape index (κ1) is 20.1. The maximum absolute atomic E-state index is 12.5. The Balaban J connectivity index is 2.28. The van der Waals surface area contributed by atoms with E-state index in [4.69, 9.17) is 4.74 Å². The predicted octanol–water partition coefficient (Wildman–Crippen LogP) is 3.21. The molecule has 0 aromatic heterocycles. The van der Waals surface area contributed by atoms with E-state index in [1.807, 2.05) is 31.4 Å². The second kappa shape index (κ2) is 8.95. The molecule has 1 N–H and O–H groups in total. The Morgan fingerprint density at radius 1 is 1.15 bits per heavy atom. The predicted molar refractivity (Wildman–Crippen MR) is 107 cm³/mol. The molecule has 0 atom stereocenters. The molecule has 0 bridgehead atoms. The minimum absolute atomic E-state index is 0.338. The molecule has 2 aromatic rings. The highest BCUT2D eigenvalue weighted by Crippen LogP contribution is 2.30. The summed E-state index contributed by atoms with van der Waals surface area (Å²) >= 11 is 1.50. The molecule has 0 radical (unpaired) electrons. The van der Waals surface area contributed by atoms with E-state index in [0.717, 1.165) is 15.5 Å². The number of benzene rings is 2. The second-order valence-electron chi connectivity index (χ2n) is 5.42. The molecule has 2 rings (SSSR count). The van der Waals surface area contributed by atoms with Crippen LogP contribution in [0.5, 0.6) is 5.75 Å². The summed E-state index contributed by atoms with van der Waals surface area (Å²) in [6.07, 6.45) is 2.98. The summed E-state index contributed by atoms with van der Waals surface area (Å²) < 4.78 is 31.1. The maximum atomic E-state index is 12.5. The first-order valence-corrected chi connectivity index (χ1v) is 11.1. The van der Waals surface area contributed by atoms with Gasteiger partial charge in [-0.25, -0.2) is 8.42 Å². The molecule has 0 spiro atoms. The van der Waals surface area contributed by atoms with Gasteiger partial charge in [0.1, 0.15) is 12.3 Å². The fourth-order valence-electron chi connectivity index (χ4n) is 2.39. The zero-order valence-corrected chi connectivity index (χ0v) is 16.6. The first-order valence-electron chi connectivity index (χ1n) is 7.99. The molecule has 8 heteroatoms. The van der Waals surface area contributed by atoms with Gasteiger partial charge in [-0.2, -0.15) is 0 Å². The van der Waals surface area contributed by atoms with Gasteiger partial charge in [-0.3, -0.25) is 9.10 Å². The van der Waals surface area contributed by atoms with Gasteiger partial charge in [-0.1, -0.05) is 24.3 Å². The minimum Gasteiger partial charge on any atom is -0.492 e. The quantitative estimate of drug-likeness (QED) is 0.696. The summed E-state index contributed by atoms with van der Waals surface area (Å²) in [5.41, 5.74) is 0.988. The molecular formula is C18H22N2O4S2. The van der Waals surface area contributed by atoms with Gasteiger partial charge >= 0.3 is 0 Å². The largest absolute Gasteiger partial charge is 0.492 e. The molecule has 2 aromatic carbocycles. The molecule has 0 heterocycles. The maximum Gasteiger partial charge on any atom is 0.245 e. The monoisotopic (exact) mass is 394 g/mol. The molecule has 0 aliphatic heterocycles. The number of nitrogens with one attached hydrogen (secondary N) is 1. The van der Waals surface area contributed by atoms with Gasteiger partial charge in [-0.05, 0) is 37.4 Å². The Kier molecular flexibility index (Phi) is 6.93. The number of thioether (sulfide) groups is 1. The summed E-state index contributed by atoms with van der Waals surface area (Å²) in [5, 5.41) is 2.78. The molecule has 0 aliphatic rings. The van der Waals surface area contributed by atoms with Crippen LogP contribution in [0.2, 0.25) is 0 Å². The topological polar surface area (TPSA) is 75.7 Å². The lowest BCUT2D eigenvalue weighted by molar-refractivity contribution is -0.114. The van der Waals surface area contributed by atoms with E-state index in [2.05, 4.69) is 5.32 Å². The van der Waals surface area contributed by atoms with E-state index >= 15 is 0 Å². The average molecular weight is 395 g/mol. The van der Waals surface area contributed by atoms with Crippen LogP contribution in [0.3, 0.4) is 0 Å². The van der Waals surface area contributed by atoms with Crippen LogP contribution in [0.4, 0.5) is 11.4 Å². The standard InChI is InChI=1S/C18H22N2O4S2/c1-4-24-16-11-7-6-10-15(16)20(26(3,22)23)13-18(21)19-14-9-5-8-12-17(14)25-2/h5-12H,4,13H2,1-3H3,(H,19,21). The number of hydrogen-bond donors (Lipinski definition) is 1. The minimum atomic E-state index is -3.67.